The number of hydrogen-bond donors (Lipinski definition) is 0. The van der Waals surface area contributed by atoms with Crippen LogP contribution in [-0.2, 0) is 0 Å². The number of hydrogen-bond acceptors (Lipinski definition) is 6. The highest BCUT2D eigenvalue weighted by Gasteiger charge is 2.21. The molecule has 0 spiro atoms. The largest absolute Gasteiger partial charge is 0.464 e. The average molecular weight is 336 g/mol. The first kappa shape index (κ1) is 15.7. The molecule has 1 aliphatic heterocycles. The first-order valence-corrected chi connectivity index (χ1v) is 8.38. The Morgan fingerprint density at radius 1 is 1.04 bits per heavy atom. The highest BCUT2D eigenvalue weighted by molar-refractivity contribution is 5.75. The molecule has 0 aliphatic carbocycles. The fraction of sp³-hybridized carbons (Fsp3) is 0.263. The lowest BCUT2D eigenvalue weighted by atomic mass is 10.1. The smallest absolute Gasteiger partial charge is 0.226 e. The Bertz CT molecular complexity index is 819. The minimum Gasteiger partial charge on any atom is -0.464 e. The maximum absolute atomic E-state index is 5.58. The van der Waals surface area contributed by atoms with E-state index >= 15 is 0 Å². The molecule has 25 heavy (non-hydrogen) atoms. The summed E-state index contributed by atoms with van der Waals surface area (Å²) < 4.78 is 11.1. The van der Waals surface area contributed by atoms with Gasteiger partial charge in [-0.2, -0.15) is 0 Å². The van der Waals surface area contributed by atoms with E-state index in [4.69, 9.17) is 13.8 Å². The van der Waals surface area contributed by atoms with Crippen LogP contribution >= 0.6 is 0 Å². The summed E-state index contributed by atoms with van der Waals surface area (Å²) in [6.07, 6.45) is 7.06. The van der Waals surface area contributed by atoms with Gasteiger partial charge in [-0.15, -0.1) is 6.58 Å². The van der Waals surface area contributed by atoms with Gasteiger partial charge in [0.25, 0.3) is 0 Å². The molecule has 0 unspecified atom stereocenters. The standard InChI is InChI=1S/C19H20N4O2/c1-2-7-22-8-10-23(11-9-22)19-20-14-15(16-5-3-12-24-16)18(21-19)17-6-4-13-25-17/h2-6,12-14H,1,7-11H2. The topological polar surface area (TPSA) is 58.5 Å². The Hall–Kier alpha value is -2.86. The molecule has 0 aromatic carbocycles. The van der Waals surface area contributed by atoms with Crippen LogP contribution in [0.3, 0.4) is 0 Å². The van der Waals surface area contributed by atoms with Crippen LogP contribution in [0.4, 0.5) is 5.95 Å². The zero-order chi connectivity index (χ0) is 17.1. The lowest BCUT2D eigenvalue weighted by Gasteiger charge is -2.34. The molecule has 1 saturated heterocycles. The minimum atomic E-state index is 0.709. The third-order valence-corrected chi connectivity index (χ3v) is 4.36. The molecule has 6 nitrogen and oxygen atoms in total. The normalized spacial score (nSPS) is 15.4. The molecule has 0 bridgehead atoms. The SMILES string of the molecule is C=CCN1CCN(c2ncc(-c3ccco3)c(-c3ccco3)n2)CC1. The van der Waals surface area contributed by atoms with Gasteiger partial charge < -0.3 is 13.7 Å². The Labute approximate surface area is 146 Å². The molecule has 128 valence electrons. The monoisotopic (exact) mass is 336 g/mol. The van der Waals surface area contributed by atoms with E-state index in [9.17, 15) is 0 Å². The summed E-state index contributed by atoms with van der Waals surface area (Å²) >= 11 is 0. The van der Waals surface area contributed by atoms with Gasteiger partial charge >= 0.3 is 0 Å². The van der Waals surface area contributed by atoms with Crippen LogP contribution < -0.4 is 4.90 Å². The van der Waals surface area contributed by atoms with E-state index in [0.717, 1.165) is 55.7 Å². The second kappa shape index (κ2) is 6.94. The first-order valence-electron chi connectivity index (χ1n) is 8.38. The summed E-state index contributed by atoms with van der Waals surface area (Å²) in [6.45, 7) is 8.47. The second-order valence-electron chi connectivity index (χ2n) is 5.96. The van der Waals surface area contributed by atoms with Crippen LogP contribution in [-0.4, -0.2) is 47.6 Å². The molecule has 3 aromatic heterocycles. The van der Waals surface area contributed by atoms with Gasteiger partial charge in [-0.3, -0.25) is 4.90 Å². The summed E-state index contributed by atoms with van der Waals surface area (Å²) in [7, 11) is 0. The molecular weight excluding hydrogens is 316 g/mol. The number of aromatic nitrogens is 2. The van der Waals surface area contributed by atoms with Gasteiger partial charge in [0.05, 0.1) is 18.1 Å². The summed E-state index contributed by atoms with van der Waals surface area (Å²) in [5.74, 6) is 2.16. The predicted octanol–water partition coefficient (Wildman–Crippen LogP) is 3.30. The summed E-state index contributed by atoms with van der Waals surface area (Å²) in [4.78, 5) is 13.9. The van der Waals surface area contributed by atoms with Crippen molar-refractivity contribution in [1.82, 2.24) is 14.9 Å². The van der Waals surface area contributed by atoms with Crippen molar-refractivity contribution in [3.05, 3.63) is 55.6 Å². The summed E-state index contributed by atoms with van der Waals surface area (Å²) in [5.41, 5.74) is 1.58. The van der Waals surface area contributed by atoms with Crippen molar-refractivity contribution in [2.45, 2.75) is 0 Å². The molecule has 4 heterocycles. The van der Waals surface area contributed by atoms with Crippen molar-refractivity contribution in [2.75, 3.05) is 37.6 Å². The van der Waals surface area contributed by atoms with E-state index in [2.05, 4.69) is 21.4 Å². The number of furan rings is 2. The Balaban J connectivity index is 1.65. The number of piperazine rings is 1. The van der Waals surface area contributed by atoms with Gasteiger partial charge in [0, 0.05) is 38.9 Å². The van der Waals surface area contributed by atoms with Crippen molar-refractivity contribution < 1.29 is 8.83 Å². The van der Waals surface area contributed by atoms with Gasteiger partial charge in [0.1, 0.15) is 11.5 Å². The number of nitrogens with zero attached hydrogens (tertiary/aromatic N) is 4. The van der Waals surface area contributed by atoms with Gasteiger partial charge in [-0.25, -0.2) is 9.97 Å². The average Bonchev–Trinajstić information content (AvgIpc) is 3.36. The zero-order valence-corrected chi connectivity index (χ0v) is 14.0. The van der Waals surface area contributed by atoms with Crippen LogP contribution in [0.2, 0.25) is 0 Å². The quantitative estimate of drug-likeness (QED) is 0.666. The Kier molecular flexibility index (Phi) is 4.35. The molecule has 4 rings (SSSR count). The van der Waals surface area contributed by atoms with Crippen molar-refractivity contribution in [1.29, 1.82) is 0 Å². The third kappa shape index (κ3) is 3.21. The van der Waals surface area contributed by atoms with E-state index < -0.39 is 0 Å². The zero-order valence-electron chi connectivity index (χ0n) is 14.0. The summed E-state index contributed by atoms with van der Waals surface area (Å²) in [5, 5.41) is 0. The minimum absolute atomic E-state index is 0.709. The second-order valence-corrected chi connectivity index (χ2v) is 5.96. The first-order chi connectivity index (χ1) is 12.3. The molecule has 1 fully saturated rings. The fourth-order valence-corrected chi connectivity index (χ4v) is 3.05. The van der Waals surface area contributed by atoms with Gasteiger partial charge in [-0.05, 0) is 24.3 Å². The molecular formula is C19H20N4O2. The Morgan fingerprint density at radius 2 is 1.76 bits per heavy atom. The third-order valence-electron chi connectivity index (χ3n) is 4.36. The fourth-order valence-electron chi connectivity index (χ4n) is 3.05. The molecule has 3 aromatic rings. The van der Waals surface area contributed by atoms with E-state index in [1.165, 1.54) is 0 Å². The Morgan fingerprint density at radius 3 is 2.40 bits per heavy atom. The van der Waals surface area contributed by atoms with Gasteiger partial charge in [0.15, 0.2) is 5.76 Å². The number of anilines is 1. The van der Waals surface area contributed by atoms with Gasteiger partial charge in [0.2, 0.25) is 5.95 Å². The van der Waals surface area contributed by atoms with Crippen molar-refractivity contribution in [3.8, 4) is 22.8 Å². The van der Waals surface area contributed by atoms with Crippen molar-refractivity contribution >= 4 is 5.95 Å². The van der Waals surface area contributed by atoms with Gasteiger partial charge in [-0.1, -0.05) is 6.08 Å². The molecule has 6 heteroatoms. The molecule has 0 saturated carbocycles. The van der Waals surface area contributed by atoms with Crippen molar-refractivity contribution in [3.63, 3.8) is 0 Å². The predicted molar refractivity (Wildman–Crippen MR) is 96.3 cm³/mol. The maximum atomic E-state index is 5.58. The molecule has 0 atom stereocenters. The van der Waals surface area contributed by atoms with Crippen LogP contribution in [0, 0.1) is 0 Å². The molecule has 0 radical (unpaired) electrons. The van der Waals surface area contributed by atoms with E-state index in [0.29, 0.717) is 5.76 Å². The maximum Gasteiger partial charge on any atom is 0.226 e. The van der Waals surface area contributed by atoms with E-state index in [-0.39, 0.29) is 0 Å². The molecule has 1 aliphatic rings. The van der Waals surface area contributed by atoms with Crippen LogP contribution in [0.25, 0.3) is 22.8 Å². The van der Waals surface area contributed by atoms with Crippen LogP contribution in [0.5, 0.6) is 0 Å². The highest BCUT2D eigenvalue weighted by Crippen LogP contribution is 2.32. The highest BCUT2D eigenvalue weighted by atomic mass is 16.3. The molecule has 0 N–H and O–H groups in total. The lowest BCUT2D eigenvalue weighted by molar-refractivity contribution is 0.283. The van der Waals surface area contributed by atoms with E-state index in [1.807, 2.05) is 36.5 Å². The van der Waals surface area contributed by atoms with Crippen molar-refractivity contribution in [2.24, 2.45) is 0 Å². The summed E-state index contributed by atoms with van der Waals surface area (Å²) in [6, 6.07) is 7.52. The number of rotatable bonds is 5. The van der Waals surface area contributed by atoms with Crippen LogP contribution in [0.1, 0.15) is 0 Å². The van der Waals surface area contributed by atoms with E-state index in [1.54, 1.807) is 12.5 Å². The lowest BCUT2D eigenvalue weighted by Crippen LogP contribution is -2.46. The molecule has 0 amide bonds. The van der Waals surface area contributed by atoms with Crippen LogP contribution in [0.15, 0.2) is 64.5 Å².